The van der Waals surface area contributed by atoms with Crippen LogP contribution < -0.4 is 5.73 Å². The summed E-state index contributed by atoms with van der Waals surface area (Å²) < 4.78 is 0. The van der Waals surface area contributed by atoms with Crippen molar-refractivity contribution in [2.45, 2.75) is 52.9 Å². The van der Waals surface area contributed by atoms with Crippen LogP contribution in [0.2, 0.25) is 0 Å². The highest BCUT2D eigenvalue weighted by molar-refractivity contribution is 7.11. The molecule has 3 heteroatoms. The first-order valence-corrected chi connectivity index (χ1v) is 7.49. The van der Waals surface area contributed by atoms with Gasteiger partial charge in [-0.15, -0.1) is 11.3 Å². The van der Waals surface area contributed by atoms with Gasteiger partial charge >= 0.3 is 0 Å². The molecule has 1 aliphatic rings. The van der Waals surface area contributed by atoms with Crippen molar-refractivity contribution in [3.8, 4) is 0 Å². The van der Waals surface area contributed by atoms with Crippen molar-refractivity contribution in [3.05, 3.63) is 15.6 Å². The SMILES string of the molecule is Cc1nc(CC2(CN)CCC(C)CC2)sc1C. The fourth-order valence-electron chi connectivity index (χ4n) is 2.76. The molecule has 17 heavy (non-hydrogen) atoms. The van der Waals surface area contributed by atoms with Gasteiger partial charge in [0.2, 0.25) is 0 Å². The minimum Gasteiger partial charge on any atom is -0.330 e. The molecule has 2 nitrogen and oxygen atoms in total. The molecule has 0 atom stereocenters. The number of hydrogen-bond donors (Lipinski definition) is 1. The van der Waals surface area contributed by atoms with Crippen molar-refractivity contribution in [1.82, 2.24) is 4.98 Å². The van der Waals surface area contributed by atoms with E-state index in [-0.39, 0.29) is 0 Å². The van der Waals surface area contributed by atoms with Crippen molar-refractivity contribution in [3.63, 3.8) is 0 Å². The van der Waals surface area contributed by atoms with Gasteiger partial charge in [-0.05, 0) is 44.6 Å². The van der Waals surface area contributed by atoms with Crippen molar-refractivity contribution in [2.24, 2.45) is 17.1 Å². The number of nitrogens with two attached hydrogens (primary N) is 1. The van der Waals surface area contributed by atoms with E-state index in [2.05, 4.69) is 25.8 Å². The Hall–Kier alpha value is -0.410. The van der Waals surface area contributed by atoms with E-state index in [1.807, 2.05) is 11.3 Å². The smallest absolute Gasteiger partial charge is 0.0936 e. The average molecular weight is 252 g/mol. The number of rotatable bonds is 3. The van der Waals surface area contributed by atoms with E-state index < -0.39 is 0 Å². The highest BCUT2D eigenvalue weighted by Crippen LogP contribution is 2.41. The van der Waals surface area contributed by atoms with Crippen LogP contribution in [0.15, 0.2) is 0 Å². The van der Waals surface area contributed by atoms with Gasteiger partial charge in [-0.2, -0.15) is 0 Å². The Morgan fingerprint density at radius 3 is 2.47 bits per heavy atom. The Balaban J connectivity index is 2.09. The summed E-state index contributed by atoms with van der Waals surface area (Å²) in [7, 11) is 0. The molecular formula is C14H24N2S. The van der Waals surface area contributed by atoms with Gasteiger partial charge in [-0.25, -0.2) is 4.98 Å². The number of nitrogens with zero attached hydrogens (tertiary/aromatic N) is 1. The zero-order valence-corrected chi connectivity index (χ0v) is 12.1. The molecule has 2 rings (SSSR count). The Morgan fingerprint density at radius 2 is 2.00 bits per heavy atom. The summed E-state index contributed by atoms with van der Waals surface area (Å²) >= 11 is 1.86. The third kappa shape index (κ3) is 2.89. The molecule has 0 unspecified atom stereocenters. The van der Waals surface area contributed by atoms with Crippen LogP contribution in [0, 0.1) is 25.2 Å². The van der Waals surface area contributed by atoms with E-state index in [1.54, 1.807) is 0 Å². The molecule has 1 aliphatic carbocycles. The van der Waals surface area contributed by atoms with Crippen LogP contribution in [0.3, 0.4) is 0 Å². The number of aromatic nitrogens is 1. The lowest BCUT2D eigenvalue weighted by molar-refractivity contribution is 0.163. The molecule has 96 valence electrons. The van der Waals surface area contributed by atoms with Gasteiger partial charge in [0.1, 0.15) is 0 Å². The molecule has 2 N–H and O–H groups in total. The van der Waals surface area contributed by atoms with Crippen LogP contribution in [0.5, 0.6) is 0 Å². The molecule has 1 fully saturated rings. The minimum absolute atomic E-state index is 0.337. The largest absolute Gasteiger partial charge is 0.330 e. The monoisotopic (exact) mass is 252 g/mol. The third-order valence-electron chi connectivity index (χ3n) is 4.37. The zero-order valence-electron chi connectivity index (χ0n) is 11.3. The lowest BCUT2D eigenvalue weighted by Gasteiger charge is -2.38. The first-order valence-electron chi connectivity index (χ1n) is 6.68. The molecule has 1 heterocycles. The predicted octanol–water partition coefficient (Wildman–Crippen LogP) is 3.46. The van der Waals surface area contributed by atoms with Gasteiger partial charge in [0.05, 0.1) is 10.7 Å². The number of hydrogen-bond acceptors (Lipinski definition) is 3. The maximum Gasteiger partial charge on any atom is 0.0936 e. The van der Waals surface area contributed by atoms with Gasteiger partial charge in [0.15, 0.2) is 0 Å². The van der Waals surface area contributed by atoms with Gasteiger partial charge < -0.3 is 5.73 Å². The second-order valence-electron chi connectivity index (χ2n) is 5.81. The maximum atomic E-state index is 6.05. The molecule has 0 aliphatic heterocycles. The lowest BCUT2D eigenvalue weighted by atomic mass is 9.69. The van der Waals surface area contributed by atoms with E-state index in [1.165, 1.54) is 41.3 Å². The zero-order chi connectivity index (χ0) is 12.5. The average Bonchev–Trinajstić information content (AvgIpc) is 2.62. The quantitative estimate of drug-likeness (QED) is 0.894. The van der Waals surface area contributed by atoms with E-state index >= 15 is 0 Å². The van der Waals surface area contributed by atoms with E-state index in [0.717, 1.165) is 18.9 Å². The summed E-state index contributed by atoms with van der Waals surface area (Å²) in [6.07, 6.45) is 6.32. The fraction of sp³-hybridized carbons (Fsp3) is 0.786. The van der Waals surface area contributed by atoms with Crippen LogP contribution in [-0.4, -0.2) is 11.5 Å². The Bertz CT molecular complexity index is 356. The van der Waals surface area contributed by atoms with E-state index in [0.29, 0.717) is 5.41 Å². The summed E-state index contributed by atoms with van der Waals surface area (Å²) in [4.78, 5) is 6.04. The number of thiazole rings is 1. The van der Waals surface area contributed by atoms with Crippen LogP contribution >= 0.6 is 11.3 Å². The summed E-state index contributed by atoms with van der Waals surface area (Å²) in [5, 5.41) is 1.29. The molecule has 1 aromatic heterocycles. The maximum absolute atomic E-state index is 6.05. The molecule has 1 aromatic rings. The van der Waals surface area contributed by atoms with E-state index in [4.69, 9.17) is 5.73 Å². The summed E-state index contributed by atoms with van der Waals surface area (Å²) in [5.74, 6) is 0.884. The topological polar surface area (TPSA) is 38.9 Å². The third-order valence-corrected chi connectivity index (χ3v) is 5.44. The highest BCUT2D eigenvalue weighted by Gasteiger charge is 2.34. The Kier molecular flexibility index (Phi) is 3.88. The molecule has 0 radical (unpaired) electrons. The molecule has 0 bridgehead atoms. The molecule has 1 saturated carbocycles. The van der Waals surface area contributed by atoms with Crippen LogP contribution in [0.25, 0.3) is 0 Å². The summed E-state index contributed by atoms with van der Waals surface area (Å²) in [6.45, 7) is 7.44. The minimum atomic E-state index is 0.337. The van der Waals surface area contributed by atoms with E-state index in [9.17, 15) is 0 Å². The lowest BCUT2D eigenvalue weighted by Crippen LogP contribution is -2.36. The van der Waals surface area contributed by atoms with Crippen LogP contribution in [0.1, 0.15) is 48.2 Å². The van der Waals surface area contributed by atoms with Gasteiger partial charge in [0, 0.05) is 11.3 Å². The second kappa shape index (κ2) is 5.07. The Labute approximate surface area is 109 Å². The van der Waals surface area contributed by atoms with Gasteiger partial charge in [-0.1, -0.05) is 19.8 Å². The van der Waals surface area contributed by atoms with Gasteiger partial charge in [-0.3, -0.25) is 0 Å². The van der Waals surface area contributed by atoms with Crippen LogP contribution in [0.4, 0.5) is 0 Å². The first-order chi connectivity index (χ1) is 8.04. The first kappa shape index (κ1) is 13.0. The van der Waals surface area contributed by atoms with Crippen molar-refractivity contribution < 1.29 is 0 Å². The van der Waals surface area contributed by atoms with Gasteiger partial charge in [0.25, 0.3) is 0 Å². The molecule has 0 spiro atoms. The van der Waals surface area contributed by atoms with Crippen LogP contribution in [-0.2, 0) is 6.42 Å². The Morgan fingerprint density at radius 1 is 1.35 bits per heavy atom. The second-order valence-corrected chi connectivity index (χ2v) is 7.10. The molecular weight excluding hydrogens is 228 g/mol. The van der Waals surface area contributed by atoms with Crippen molar-refractivity contribution in [1.29, 1.82) is 0 Å². The molecule has 0 saturated heterocycles. The van der Waals surface area contributed by atoms with Crippen molar-refractivity contribution >= 4 is 11.3 Å². The summed E-state index contributed by atoms with van der Waals surface area (Å²) in [5.41, 5.74) is 7.59. The highest BCUT2D eigenvalue weighted by atomic mass is 32.1. The van der Waals surface area contributed by atoms with Crippen molar-refractivity contribution in [2.75, 3.05) is 6.54 Å². The standard InChI is InChI=1S/C14H24N2S/c1-10-4-6-14(9-15,7-5-10)8-13-16-11(2)12(3)17-13/h10H,4-9,15H2,1-3H3. The molecule has 0 aromatic carbocycles. The summed E-state index contributed by atoms with van der Waals surface area (Å²) in [6, 6.07) is 0. The normalized spacial score (nSPS) is 29.5. The molecule has 0 amide bonds. The predicted molar refractivity (Wildman–Crippen MR) is 74.4 cm³/mol. The number of aryl methyl sites for hydroxylation is 2. The fourth-order valence-corrected chi connectivity index (χ4v) is 3.87.